The lowest BCUT2D eigenvalue weighted by atomic mass is 10.0. The molecule has 0 aliphatic carbocycles. The van der Waals surface area contributed by atoms with Crippen LogP contribution in [-0.4, -0.2) is 75.9 Å². The van der Waals surface area contributed by atoms with E-state index in [1.54, 1.807) is 30.3 Å². The fourth-order valence-electron chi connectivity index (χ4n) is 3.39. The Kier molecular flexibility index (Phi) is 13.6. The van der Waals surface area contributed by atoms with Crippen LogP contribution in [0.1, 0.15) is 44.1 Å². The summed E-state index contributed by atoms with van der Waals surface area (Å²) < 4.78 is 0. The molecule has 0 fully saturated rings. The quantitative estimate of drug-likeness (QED) is 0.0950. The van der Waals surface area contributed by atoms with Crippen LogP contribution in [0, 0.1) is 0 Å². The Morgan fingerprint density at radius 1 is 0.667 bits per heavy atom. The third kappa shape index (κ3) is 13.0. The molecular weight excluding hydrogens is 516 g/mol. The molecule has 0 aliphatic rings. The first-order valence-corrected chi connectivity index (χ1v) is 12.0. The van der Waals surface area contributed by atoms with Gasteiger partial charge in [-0.05, 0) is 24.8 Å². The molecule has 15 nitrogen and oxygen atoms in total. The van der Waals surface area contributed by atoms with Crippen molar-refractivity contribution in [2.45, 2.75) is 69.1 Å². The monoisotopic (exact) mass is 550 g/mol. The lowest BCUT2D eigenvalue weighted by molar-refractivity contribution is -0.142. The van der Waals surface area contributed by atoms with E-state index < -0.39 is 72.1 Å². The first kappa shape index (κ1) is 32.5. The number of carbonyl (C=O) groups excluding carboxylic acids is 5. The van der Waals surface area contributed by atoms with Crippen LogP contribution in [0.4, 0.5) is 0 Å². The average molecular weight is 551 g/mol. The van der Waals surface area contributed by atoms with Gasteiger partial charge in [0.2, 0.25) is 29.5 Å². The highest BCUT2D eigenvalue weighted by Crippen LogP contribution is 2.08. The van der Waals surface area contributed by atoms with E-state index >= 15 is 0 Å². The summed E-state index contributed by atoms with van der Waals surface area (Å²) in [7, 11) is 0. The summed E-state index contributed by atoms with van der Waals surface area (Å²) >= 11 is 0. The van der Waals surface area contributed by atoms with Crippen LogP contribution in [0.25, 0.3) is 0 Å². The molecule has 1 aromatic carbocycles. The number of primary amides is 2. The molecule has 0 saturated carbocycles. The standard InChI is InChI=1S/C24H34N6O9/c25-14(6-9-18(26)31)21(35)28-15(8-11-20(33)34)22(36)30-17(12-13-4-2-1-3-5-13)23(37)29-16(24(38)39)7-10-19(27)32/h1-5,14-17H,6-12,25H2,(H2,26,31)(H2,27,32)(H,28,35)(H,29,37)(H,30,36)(H,33,34)(H,38,39). The first-order valence-electron chi connectivity index (χ1n) is 12.0. The Morgan fingerprint density at radius 3 is 1.69 bits per heavy atom. The van der Waals surface area contributed by atoms with Crippen LogP contribution in [0.15, 0.2) is 30.3 Å². The largest absolute Gasteiger partial charge is 0.481 e. The minimum absolute atomic E-state index is 0.0850. The van der Waals surface area contributed by atoms with E-state index in [2.05, 4.69) is 16.0 Å². The van der Waals surface area contributed by atoms with Crippen LogP contribution in [0.2, 0.25) is 0 Å². The Bertz CT molecular complexity index is 1050. The summed E-state index contributed by atoms with van der Waals surface area (Å²) in [6.07, 6.45) is -1.87. The number of carbonyl (C=O) groups is 7. The molecule has 0 aromatic heterocycles. The Labute approximate surface area is 223 Å². The lowest BCUT2D eigenvalue weighted by Gasteiger charge is -2.25. The van der Waals surface area contributed by atoms with Crippen molar-refractivity contribution < 1.29 is 43.8 Å². The number of carboxylic acids is 2. The average Bonchev–Trinajstić information content (AvgIpc) is 2.86. The van der Waals surface area contributed by atoms with E-state index in [1.165, 1.54) is 0 Å². The third-order valence-electron chi connectivity index (χ3n) is 5.53. The van der Waals surface area contributed by atoms with E-state index in [1.807, 2.05) is 0 Å². The number of nitrogens with two attached hydrogens (primary N) is 3. The lowest BCUT2D eigenvalue weighted by Crippen LogP contribution is -2.57. The highest BCUT2D eigenvalue weighted by atomic mass is 16.4. The zero-order chi connectivity index (χ0) is 29.5. The molecule has 0 aliphatic heterocycles. The molecule has 1 rings (SSSR count). The number of amides is 5. The summed E-state index contributed by atoms with van der Waals surface area (Å²) in [6.45, 7) is 0. The van der Waals surface area contributed by atoms with Gasteiger partial charge in [0.15, 0.2) is 0 Å². The van der Waals surface area contributed by atoms with Gasteiger partial charge in [0.25, 0.3) is 0 Å². The SMILES string of the molecule is NC(=O)CCC(N)C(=O)NC(CCC(=O)O)C(=O)NC(Cc1ccccc1)C(=O)NC(CCC(N)=O)C(=O)O. The zero-order valence-corrected chi connectivity index (χ0v) is 21.1. The number of nitrogens with one attached hydrogen (secondary N) is 3. The van der Waals surface area contributed by atoms with Crippen LogP contribution in [-0.2, 0) is 40.0 Å². The summed E-state index contributed by atoms with van der Waals surface area (Å²) in [5.41, 5.74) is 16.5. The van der Waals surface area contributed by atoms with Crippen molar-refractivity contribution >= 4 is 41.5 Å². The molecule has 15 heteroatoms. The topological polar surface area (TPSA) is 274 Å². The number of hydrogen-bond donors (Lipinski definition) is 8. The maximum atomic E-state index is 13.1. The molecule has 0 bridgehead atoms. The van der Waals surface area contributed by atoms with E-state index in [0.29, 0.717) is 5.56 Å². The molecule has 4 atom stereocenters. The van der Waals surface area contributed by atoms with E-state index in [4.69, 9.17) is 22.3 Å². The van der Waals surface area contributed by atoms with Gasteiger partial charge in [-0.1, -0.05) is 30.3 Å². The number of aliphatic carboxylic acids is 2. The van der Waals surface area contributed by atoms with Crippen LogP contribution in [0.3, 0.4) is 0 Å². The Balaban J connectivity index is 3.13. The van der Waals surface area contributed by atoms with Gasteiger partial charge in [0.05, 0.1) is 6.04 Å². The molecule has 4 unspecified atom stereocenters. The number of carboxylic acid groups (broad SMARTS) is 2. The molecule has 39 heavy (non-hydrogen) atoms. The van der Waals surface area contributed by atoms with Crippen molar-refractivity contribution in [3.05, 3.63) is 35.9 Å². The maximum absolute atomic E-state index is 13.1. The highest BCUT2D eigenvalue weighted by molar-refractivity contribution is 5.94. The van der Waals surface area contributed by atoms with Gasteiger partial charge >= 0.3 is 11.9 Å². The molecule has 5 amide bonds. The second-order valence-corrected chi connectivity index (χ2v) is 8.76. The Hall–Kier alpha value is -4.53. The molecular formula is C24H34N6O9. The molecule has 1 aromatic rings. The second kappa shape index (κ2) is 16.3. The summed E-state index contributed by atoms with van der Waals surface area (Å²) in [4.78, 5) is 83.4. The van der Waals surface area contributed by atoms with Gasteiger partial charge in [-0.2, -0.15) is 0 Å². The zero-order valence-electron chi connectivity index (χ0n) is 21.1. The minimum Gasteiger partial charge on any atom is -0.481 e. The van der Waals surface area contributed by atoms with Gasteiger partial charge in [-0.25, -0.2) is 4.79 Å². The fraction of sp³-hybridized carbons (Fsp3) is 0.458. The van der Waals surface area contributed by atoms with Crippen LogP contribution >= 0.6 is 0 Å². The van der Waals surface area contributed by atoms with Crippen LogP contribution < -0.4 is 33.2 Å². The third-order valence-corrected chi connectivity index (χ3v) is 5.53. The van der Waals surface area contributed by atoms with E-state index in [9.17, 15) is 38.7 Å². The fourth-order valence-corrected chi connectivity index (χ4v) is 3.39. The minimum atomic E-state index is -1.48. The van der Waals surface area contributed by atoms with Gasteiger partial charge in [-0.15, -0.1) is 0 Å². The molecule has 11 N–H and O–H groups in total. The van der Waals surface area contributed by atoms with Gasteiger partial charge in [0.1, 0.15) is 18.1 Å². The normalized spacial score (nSPS) is 13.7. The highest BCUT2D eigenvalue weighted by Gasteiger charge is 2.31. The molecule has 0 heterocycles. The van der Waals surface area contributed by atoms with E-state index in [0.717, 1.165) is 0 Å². The molecule has 214 valence electrons. The van der Waals surface area contributed by atoms with Gasteiger partial charge in [0, 0.05) is 25.7 Å². The maximum Gasteiger partial charge on any atom is 0.326 e. The number of rotatable bonds is 18. The summed E-state index contributed by atoms with van der Waals surface area (Å²) in [5.74, 6) is -6.80. The molecule has 0 radical (unpaired) electrons. The van der Waals surface area contributed by atoms with Gasteiger partial charge in [-0.3, -0.25) is 28.8 Å². The van der Waals surface area contributed by atoms with Crippen molar-refractivity contribution in [3.8, 4) is 0 Å². The van der Waals surface area contributed by atoms with Crippen molar-refractivity contribution in [2.75, 3.05) is 0 Å². The Morgan fingerprint density at radius 2 is 1.15 bits per heavy atom. The summed E-state index contributed by atoms with van der Waals surface area (Å²) in [5, 5.41) is 25.5. The van der Waals surface area contributed by atoms with Crippen molar-refractivity contribution in [1.29, 1.82) is 0 Å². The molecule has 0 spiro atoms. The van der Waals surface area contributed by atoms with Crippen molar-refractivity contribution in [2.24, 2.45) is 17.2 Å². The predicted octanol–water partition coefficient (Wildman–Crippen LogP) is -2.51. The first-order chi connectivity index (χ1) is 18.3. The molecule has 0 saturated heterocycles. The predicted molar refractivity (Wildman–Crippen MR) is 135 cm³/mol. The van der Waals surface area contributed by atoms with Crippen molar-refractivity contribution in [3.63, 3.8) is 0 Å². The number of benzene rings is 1. The number of hydrogen-bond acceptors (Lipinski definition) is 8. The smallest absolute Gasteiger partial charge is 0.326 e. The van der Waals surface area contributed by atoms with Crippen LogP contribution in [0.5, 0.6) is 0 Å². The van der Waals surface area contributed by atoms with Crippen molar-refractivity contribution in [1.82, 2.24) is 16.0 Å². The van der Waals surface area contributed by atoms with E-state index in [-0.39, 0.29) is 38.5 Å². The van der Waals surface area contributed by atoms with Gasteiger partial charge < -0.3 is 43.4 Å². The summed E-state index contributed by atoms with van der Waals surface area (Å²) in [6, 6.07) is 2.94. The second-order valence-electron chi connectivity index (χ2n) is 8.76.